The zero-order valence-electron chi connectivity index (χ0n) is 13.1. The molecule has 4 heteroatoms. The van der Waals surface area contributed by atoms with Crippen LogP contribution in [0.2, 0.25) is 0 Å². The minimum absolute atomic E-state index is 0.194. The zero-order chi connectivity index (χ0) is 15.6. The molecule has 4 N–H and O–H groups in total. The molecule has 1 atom stereocenters. The maximum absolute atomic E-state index is 11.9. The van der Waals surface area contributed by atoms with E-state index in [1.54, 1.807) is 0 Å². The van der Waals surface area contributed by atoms with Gasteiger partial charge in [0.2, 0.25) is 5.91 Å². The van der Waals surface area contributed by atoms with Crippen LogP contribution in [0.1, 0.15) is 72.2 Å². The average molecular weight is 290 g/mol. The fourth-order valence-electron chi connectivity index (χ4n) is 3.04. The van der Waals surface area contributed by atoms with Crippen molar-refractivity contribution in [3.63, 3.8) is 0 Å². The van der Waals surface area contributed by atoms with Crippen LogP contribution in [-0.2, 0) is 0 Å². The molecule has 1 amide bonds. The van der Waals surface area contributed by atoms with Gasteiger partial charge in [-0.05, 0) is 42.4 Å². The summed E-state index contributed by atoms with van der Waals surface area (Å²) in [6, 6.07) is 4.30. The molecule has 0 saturated heterocycles. The van der Waals surface area contributed by atoms with Crippen LogP contribution in [0.5, 0.6) is 0 Å². The highest BCUT2D eigenvalue weighted by atomic mass is 16.3. The van der Waals surface area contributed by atoms with Gasteiger partial charge >= 0.3 is 0 Å². The maximum atomic E-state index is 11.9. The van der Waals surface area contributed by atoms with Gasteiger partial charge in [-0.25, -0.2) is 0 Å². The molecule has 0 spiro atoms. The van der Waals surface area contributed by atoms with Crippen LogP contribution in [0.15, 0.2) is 12.1 Å². The van der Waals surface area contributed by atoms with Gasteiger partial charge in [-0.2, -0.15) is 0 Å². The topological polar surface area (TPSA) is 75.3 Å². The highest BCUT2D eigenvalue weighted by Crippen LogP contribution is 2.30. The third-order valence-electron chi connectivity index (χ3n) is 4.38. The summed E-state index contributed by atoms with van der Waals surface area (Å²) in [5.74, 6) is -0.265. The van der Waals surface area contributed by atoms with Gasteiger partial charge in [-0.3, -0.25) is 4.79 Å². The van der Waals surface area contributed by atoms with Crippen LogP contribution in [0.4, 0.5) is 0 Å². The van der Waals surface area contributed by atoms with E-state index in [1.165, 1.54) is 19.3 Å². The van der Waals surface area contributed by atoms with Crippen LogP contribution in [-0.4, -0.2) is 23.6 Å². The summed E-state index contributed by atoms with van der Waals surface area (Å²) < 4.78 is 0. The van der Waals surface area contributed by atoms with Gasteiger partial charge in [-0.1, -0.05) is 32.4 Å². The molecule has 1 aromatic rings. The standard InChI is InChI=1S/C17H26N2O2/c1-10(2)15-11(3)7-8-13(16(15)17(18)21)14(20)9-19-12-5-4-6-12/h7-8,10,12,14,19-20H,4-6,9H2,1-3H3,(H2,18,21). The number of hydrogen-bond acceptors (Lipinski definition) is 3. The fourth-order valence-corrected chi connectivity index (χ4v) is 3.04. The van der Waals surface area contributed by atoms with E-state index >= 15 is 0 Å². The molecule has 1 aliphatic rings. The van der Waals surface area contributed by atoms with Crippen molar-refractivity contribution in [1.82, 2.24) is 5.32 Å². The van der Waals surface area contributed by atoms with Gasteiger partial charge in [-0.15, -0.1) is 0 Å². The van der Waals surface area contributed by atoms with Crippen LogP contribution < -0.4 is 11.1 Å². The van der Waals surface area contributed by atoms with E-state index in [0.717, 1.165) is 11.1 Å². The summed E-state index contributed by atoms with van der Waals surface area (Å²) in [6.45, 7) is 6.52. The summed E-state index contributed by atoms with van der Waals surface area (Å²) >= 11 is 0. The number of nitrogens with one attached hydrogen (secondary N) is 1. The summed E-state index contributed by atoms with van der Waals surface area (Å²) in [4.78, 5) is 11.9. The number of primary amides is 1. The summed E-state index contributed by atoms with van der Waals surface area (Å²) in [5.41, 5.74) is 8.71. The molecule has 1 saturated carbocycles. The van der Waals surface area contributed by atoms with Gasteiger partial charge in [0.05, 0.1) is 6.10 Å². The molecule has 0 heterocycles. The van der Waals surface area contributed by atoms with E-state index in [-0.39, 0.29) is 5.92 Å². The van der Waals surface area contributed by atoms with E-state index in [0.29, 0.717) is 23.7 Å². The van der Waals surface area contributed by atoms with Crippen molar-refractivity contribution in [3.8, 4) is 0 Å². The molecular formula is C17H26N2O2. The van der Waals surface area contributed by atoms with Crippen LogP contribution in [0.25, 0.3) is 0 Å². The molecule has 1 aliphatic carbocycles. The number of nitrogens with two attached hydrogens (primary N) is 1. The molecule has 2 rings (SSSR count). The second-order valence-corrected chi connectivity index (χ2v) is 6.33. The maximum Gasteiger partial charge on any atom is 0.249 e. The molecule has 1 fully saturated rings. The van der Waals surface area contributed by atoms with Crippen molar-refractivity contribution in [3.05, 3.63) is 34.4 Å². The Kier molecular flexibility index (Phi) is 5.01. The quantitative estimate of drug-likeness (QED) is 0.753. The molecule has 0 aromatic heterocycles. The molecule has 4 nitrogen and oxygen atoms in total. The predicted molar refractivity (Wildman–Crippen MR) is 84.4 cm³/mol. The number of amides is 1. The third-order valence-corrected chi connectivity index (χ3v) is 4.38. The molecule has 0 bridgehead atoms. The molecule has 1 aromatic carbocycles. The Balaban J connectivity index is 2.28. The lowest BCUT2D eigenvalue weighted by molar-refractivity contribution is 0.0989. The Morgan fingerprint density at radius 3 is 2.57 bits per heavy atom. The van der Waals surface area contributed by atoms with Crippen molar-refractivity contribution in [1.29, 1.82) is 0 Å². The first kappa shape index (κ1) is 16.0. The number of aliphatic hydroxyl groups excluding tert-OH is 1. The minimum Gasteiger partial charge on any atom is -0.387 e. The molecule has 0 aliphatic heterocycles. The zero-order valence-corrected chi connectivity index (χ0v) is 13.1. The van der Waals surface area contributed by atoms with Gasteiger partial charge in [0, 0.05) is 18.2 Å². The summed E-state index contributed by atoms with van der Waals surface area (Å²) in [5, 5.41) is 13.8. The lowest BCUT2D eigenvalue weighted by Crippen LogP contribution is -2.38. The fraction of sp³-hybridized carbons (Fsp3) is 0.588. The summed E-state index contributed by atoms with van der Waals surface area (Å²) in [6.07, 6.45) is 2.88. The normalized spacial score (nSPS) is 16.8. The molecule has 116 valence electrons. The lowest BCUT2D eigenvalue weighted by Gasteiger charge is -2.28. The van der Waals surface area contributed by atoms with Gasteiger partial charge < -0.3 is 16.2 Å². The van der Waals surface area contributed by atoms with E-state index in [9.17, 15) is 9.90 Å². The SMILES string of the molecule is Cc1ccc(C(O)CNC2CCC2)c(C(N)=O)c1C(C)C. The first-order valence-corrected chi connectivity index (χ1v) is 7.76. The van der Waals surface area contributed by atoms with Crippen molar-refractivity contribution in [2.75, 3.05) is 6.54 Å². The van der Waals surface area contributed by atoms with E-state index in [2.05, 4.69) is 5.32 Å². The van der Waals surface area contributed by atoms with Crippen LogP contribution in [0.3, 0.4) is 0 Å². The van der Waals surface area contributed by atoms with Gasteiger partial charge in [0.25, 0.3) is 0 Å². The number of benzene rings is 1. The smallest absolute Gasteiger partial charge is 0.249 e. The minimum atomic E-state index is -0.703. The Morgan fingerprint density at radius 2 is 2.10 bits per heavy atom. The highest BCUT2D eigenvalue weighted by molar-refractivity contribution is 5.96. The monoisotopic (exact) mass is 290 g/mol. The number of carbonyl (C=O) groups is 1. The lowest BCUT2D eigenvalue weighted by atomic mass is 9.87. The summed E-state index contributed by atoms with van der Waals surface area (Å²) in [7, 11) is 0. The van der Waals surface area contributed by atoms with Crippen molar-refractivity contribution >= 4 is 5.91 Å². The number of hydrogen-bond donors (Lipinski definition) is 3. The second kappa shape index (κ2) is 6.58. The largest absolute Gasteiger partial charge is 0.387 e. The molecular weight excluding hydrogens is 264 g/mol. The van der Waals surface area contributed by atoms with Crippen LogP contribution >= 0.6 is 0 Å². The average Bonchev–Trinajstić information content (AvgIpc) is 2.35. The third kappa shape index (κ3) is 3.44. The molecule has 0 radical (unpaired) electrons. The van der Waals surface area contributed by atoms with E-state index in [1.807, 2.05) is 32.9 Å². The number of carbonyl (C=O) groups excluding carboxylic acids is 1. The molecule has 1 unspecified atom stereocenters. The Morgan fingerprint density at radius 1 is 1.43 bits per heavy atom. The number of aryl methyl sites for hydroxylation is 1. The Bertz CT molecular complexity index is 522. The Labute approximate surface area is 126 Å². The van der Waals surface area contributed by atoms with E-state index < -0.39 is 12.0 Å². The van der Waals surface area contributed by atoms with Gasteiger partial charge in [0.1, 0.15) is 0 Å². The Hall–Kier alpha value is -1.39. The van der Waals surface area contributed by atoms with Gasteiger partial charge in [0.15, 0.2) is 0 Å². The highest BCUT2D eigenvalue weighted by Gasteiger charge is 2.24. The first-order valence-electron chi connectivity index (χ1n) is 7.76. The second-order valence-electron chi connectivity index (χ2n) is 6.33. The first-order chi connectivity index (χ1) is 9.91. The number of rotatable bonds is 6. The van der Waals surface area contributed by atoms with Crippen molar-refractivity contribution in [2.45, 2.75) is 58.1 Å². The predicted octanol–water partition coefficient (Wildman–Crippen LogP) is 2.39. The number of aliphatic hydroxyl groups is 1. The van der Waals surface area contributed by atoms with Crippen molar-refractivity contribution < 1.29 is 9.90 Å². The molecule has 21 heavy (non-hydrogen) atoms. The van der Waals surface area contributed by atoms with Crippen molar-refractivity contribution in [2.24, 2.45) is 5.73 Å². The van der Waals surface area contributed by atoms with E-state index in [4.69, 9.17) is 5.73 Å². The van der Waals surface area contributed by atoms with Crippen LogP contribution in [0, 0.1) is 6.92 Å².